The lowest BCUT2D eigenvalue weighted by Gasteiger charge is -2.06. The number of ether oxygens (including phenoxy) is 1. The van der Waals surface area contributed by atoms with Gasteiger partial charge in [-0.25, -0.2) is 0 Å². The topological polar surface area (TPSA) is 32.7 Å². The summed E-state index contributed by atoms with van der Waals surface area (Å²) in [6.45, 7) is 0.521. The number of aliphatic hydroxyl groups excluding tert-OH is 1. The lowest BCUT2D eigenvalue weighted by Crippen LogP contribution is -2.15. The Labute approximate surface area is 41.8 Å². The van der Waals surface area contributed by atoms with E-state index in [0.29, 0.717) is 6.73 Å². The first-order valence-electron chi connectivity index (χ1n) is 2.06. The molecule has 40 valence electrons. The van der Waals surface area contributed by atoms with E-state index in [1.165, 1.54) is 0 Å². The smallest absolute Gasteiger partial charge is 0.162 e. The minimum atomic E-state index is 0.0382. The molecule has 3 heteroatoms. The molecule has 1 rings (SSSR count). The highest BCUT2D eigenvalue weighted by molar-refractivity contribution is 4.76. The van der Waals surface area contributed by atoms with Crippen molar-refractivity contribution in [3.8, 4) is 0 Å². The van der Waals surface area contributed by atoms with Crippen LogP contribution in [0.2, 0.25) is 0 Å². The summed E-state index contributed by atoms with van der Waals surface area (Å²) in [5, 5.41) is 8.36. The van der Waals surface area contributed by atoms with E-state index in [-0.39, 0.29) is 6.73 Å². The molecule has 0 saturated heterocycles. The maximum absolute atomic E-state index is 8.36. The lowest BCUT2D eigenvalue weighted by molar-refractivity contribution is 0.0882. The van der Waals surface area contributed by atoms with Gasteiger partial charge >= 0.3 is 0 Å². The molecule has 0 fully saturated rings. The third-order valence-corrected chi connectivity index (χ3v) is 0.790. The first-order valence-corrected chi connectivity index (χ1v) is 2.06. The van der Waals surface area contributed by atoms with E-state index in [9.17, 15) is 0 Å². The fraction of sp³-hybridized carbons (Fsp3) is 0.500. The molecule has 0 atom stereocenters. The highest BCUT2D eigenvalue weighted by Crippen LogP contribution is 1.96. The Bertz CT molecular complexity index is 81.8. The van der Waals surface area contributed by atoms with E-state index in [1.807, 2.05) is 0 Å². The van der Waals surface area contributed by atoms with Crippen LogP contribution < -0.4 is 0 Å². The fourth-order valence-electron chi connectivity index (χ4n) is 0.399. The van der Waals surface area contributed by atoms with Crippen molar-refractivity contribution in [2.75, 3.05) is 13.5 Å². The molecule has 0 unspecified atom stereocenters. The fourth-order valence-corrected chi connectivity index (χ4v) is 0.399. The predicted octanol–water partition coefficient (Wildman–Crippen LogP) is -0.303. The lowest BCUT2D eigenvalue weighted by atomic mass is 10.8. The molecule has 0 spiro atoms. The third kappa shape index (κ3) is 0.838. The summed E-state index contributed by atoms with van der Waals surface area (Å²) in [5.74, 6) is 0. The number of hydrogen-bond donors (Lipinski definition) is 1. The second kappa shape index (κ2) is 1.84. The second-order valence-corrected chi connectivity index (χ2v) is 1.31. The molecule has 3 nitrogen and oxygen atoms in total. The third-order valence-electron chi connectivity index (χ3n) is 0.790. The van der Waals surface area contributed by atoms with Gasteiger partial charge in [0, 0.05) is 6.20 Å². The van der Waals surface area contributed by atoms with E-state index >= 15 is 0 Å². The van der Waals surface area contributed by atoms with Crippen LogP contribution in [0.25, 0.3) is 0 Å². The Hall–Kier alpha value is -0.700. The van der Waals surface area contributed by atoms with Gasteiger partial charge in [0.1, 0.15) is 13.0 Å². The van der Waals surface area contributed by atoms with Crippen molar-refractivity contribution in [3.63, 3.8) is 0 Å². The zero-order valence-electron chi connectivity index (χ0n) is 3.87. The highest BCUT2D eigenvalue weighted by atomic mass is 16.5. The maximum Gasteiger partial charge on any atom is 0.162 e. The summed E-state index contributed by atoms with van der Waals surface area (Å²) in [5.41, 5.74) is 0. The molecule has 0 saturated carbocycles. The van der Waals surface area contributed by atoms with Crippen molar-refractivity contribution in [2.45, 2.75) is 0 Å². The van der Waals surface area contributed by atoms with Gasteiger partial charge in [0.15, 0.2) is 6.73 Å². The first-order chi connectivity index (χ1) is 3.43. The Balaban J connectivity index is 2.28. The molecule has 0 aromatic carbocycles. The van der Waals surface area contributed by atoms with E-state index in [1.54, 1.807) is 17.4 Å². The monoisotopic (exact) mass is 101 g/mol. The maximum atomic E-state index is 8.36. The quantitative estimate of drug-likeness (QED) is 0.492. The van der Waals surface area contributed by atoms with Gasteiger partial charge in [0.25, 0.3) is 0 Å². The van der Waals surface area contributed by atoms with Gasteiger partial charge in [-0.15, -0.1) is 0 Å². The molecule has 1 aliphatic heterocycles. The van der Waals surface area contributed by atoms with Crippen molar-refractivity contribution < 1.29 is 9.84 Å². The summed E-state index contributed by atoms with van der Waals surface area (Å²) in [6.07, 6.45) is 3.25. The van der Waals surface area contributed by atoms with Crippen LogP contribution in [0.3, 0.4) is 0 Å². The van der Waals surface area contributed by atoms with Crippen LogP contribution in [-0.4, -0.2) is 23.5 Å². The molecule has 0 bridgehead atoms. The van der Waals surface area contributed by atoms with Crippen molar-refractivity contribution >= 4 is 0 Å². The van der Waals surface area contributed by atoms with Crippen LogP contribution in [0.1, 0.15) is 0 Å². The Morgan fingerprint density at radius 2 is 2.71 bits per heavy atom. The van der Waals surface area contributed by atoms with Crippen molar-refractivity contribution in [1.82, 2.24) is 4.90 Å². The summed E-state index contributed by atoms with van der Waals surface area (Å²) in [4.78, 5) is 1.64. The van der Waals surface area contributed by atoms with E-state index in [2.05, 4.69) is 0 Å². The van der Waals surface area contributed by atoms with Crippen LogP contribution in [0.4, 0.5) is 0 Å². The van der Waals surface area contributed by atoms with Gasteiger partial charge in [-0.1, -0.05) is 0 Å². The Morgan fingerprint density at radius 3 is 3.00 bits per heavy atom. The van der Waals surface area contributed by atoms with Crippen LogP contribution >= 0.6 is 0 Å². The van der Waals surface area contributed by atoms with E-state index < -0.39 is 0 Å². The minimum Gasteiger partial charge on any atom is -0.479 e. The molecular weight excluding hydrogens is 94.0 g/mol. The first kappa shape index (κ1) is 4.46. The largest absolute Gasteiger partial charge is 0.479 e. The SMILES string of the molecule is OCN1C=COC1. The molecule has 0 radical (unpaired) electrons. The highest BCUT2D eigenvalue weighted by Gasteiger charge is 1.99. The molecule has 1 aliphatic rings. The van der Waals surface area contributed by atoms with Crippen molar-refractivity contribution in [2.24, 2.45) is 0 Å². The number of rotatable bonds is 1. The van der Waals surface area contributed by atoms with Crippen LogP contribution in [0.15, 0.2) is 12.5 Å². The van der Waals surface area contributed by atoms with E-state index in [4.69, 9.17) is 9.84 Å². The van der Waals surface area contributed by atoms with Gasteiger partial charge in [-0.3, -0.25) is 0 Å². The van der Waals surface area contributed by atoms with Crippen LogP contribution in [-0.2, 0) is 4.74 Å². The number of nitrogens with zero attached hydrogens (tertiary/aromatic N) is 1. The molecular formula is C4H7NO2. The van der Waals surface area contributed by atoms with Gasteiger partial charge in [0.05, 0.1) is 0 Å². The Kier molecular flexibility index (Phi) is 1.17. The summed E-state index contributed by atoms with van der Waals surface area (Å²) in [7, 11) is 0. The minimum absolute atomic E-state index is 0.0382. The van der Waals surface area contributed by atoms with Gasteiger partial charge in [0.2, 0.25) is 0 Å². The number of aliphatic hydroxyl groups is 1. The van der Waals surface area contributed by atoms with Crippen LogP contribution in [0.5, 0.6) is 0 Å². The van der Waals surface area contributed by atoms with Crippen molar-refractivity contribution in [1.29, 1.82) is 0 Å². The zero-order chi connectivity index (χ0) is 5.11. The van der Waals surface area contributed by atoms with Crippen LogP contribution in [0, 0.1) is 0 Å². The molecule has 0 amide bonds. The average Bonchev–Trinajstić information content (AvgIpc) is 2.14. The van der Waals surface area contributed by atoms with E-state index in [0.717, 1.165) is 0 Å². The zero-order valence-corrected chi connectivity index (χ0v) is 3.87. The van der Waals surface area contributed by atoms with Gasteiger partial charge in [-0.2, -0.15) is 0 Å². The standard InChI is InChI=1S/C4H7NO2/c6-3-5-1-2-7-4-5/h1-2,6H,3-4H2. The average molecular weight is 101 g/mol. The Morgan fingerprint density at radius 1 is 1.86 bits per heavy atom. The van der Waals surface area contributed by atoms with Gasteiger partial charge < -0.3 is 14.7 Å². The predicted molar refractivity (Wildman–Crippen MR) is 24.0 cm³/mol. The summed E-state index contributed by atoms with van der Waals surface area (Å²) >= 11 is 0. The molecule has 0 aromatic heterocycles. The number of hydrogen-bond acceptors (Lipinski definition) is 3. The van der Waals surface area contributed by atoms with Crippen molar-refractivity contribution in [3.05, 3.63) is 12.5 Å². The second-order valence-electron chi connectivity index (χ2n) is 1.31. The summed E-state index contributed by atoms with van der Waals surface area (Å²) < 4.78 is 4.73. The normalized spacial score (nSPS) is 17.6. The molecule has 0 aromatic rings. The molecule has 1 heterocycles. The summed E-state index contributed by atoms with van der Waals surface area (Å²) in [6, 6.07) is 0. The molecule has 1 N–H and O–H groups in total. The molecule has 0 aliphatic carbocycles. The molecule has 7 heavy (non-hydrogen) atoms. The van der Waals surface area contributed by atoms with Gasteiger partial charge in [-0.05, 0) is 0 Å².